The average molecular weight is 454 g/mol. The Morgan fingerprint density at radius 2 is 1.81 bits per heavy atom. The number of hydrogen-bond acceptors (Lipinski definition) is 5. The van der Waals surface area contributed by atoms with Crippen LogP contribution < -0.4 is 5.32 Å². The zero-order valence-electron chi connectivity index (χ0n) is 18.3. The van der Waals surface area contributed by atoms with Gasteiger partial charge in [-0.1, -0.05) is 12.1 Å². The summed E-state index contributed by atoms with van der Waals surface area (Å²) in [4.78, 5) is 23.6. The van der Waals surface area contributed by atoms with E-state index in [4.69, 9.17) is 9.47 Å². The zero-order chi connectivity index (χ0) is 23.1. The fraction of sp³-hybridized carbons (Fsp3) is 0.591. The summed E-state index contributed by atoms with van der Waals surface area (Å²) in [6, 6.07) is 4.99. The van der Waals surface area contributed by atoms with Gasteiger partial charge in [0, 0.05) is 57.8 Å². The van der Waals surface area contributed by atoms with Gasteiger partial charge in [0.15, 0.2) is 0 Å². The number of hydrogen-bond donors (Lipinski definition) is 1. The number of halogens is 3. The molecular weight excluding hydrogens is 425 g/mol. The first kappa shape index (κ1) is 24.2. The van der Waals surface area contributed by atoms with Gasteiger partial charge in [-0.2, -0.15) is 13.2 Å². The van der Waals surface area contributed by atoms with E-state index in [9.17, 15) is 18.0 Å². The molecule has 1 aromatic rings. The first-order chi connectivity index (χ1) is 15.3. The number of urea groups is 1. The van der Waals surface area contributed by atoms with Gasteiger partial charge in [-0.15, -0.1) is 0 Å². The van der Waals surface area contributed by atoms with Crippen LogP contribution in [0.5, 0.6) is 0 Å². The molecule has 2 atom stereocenters. The number of carbonyl (C=O) groups excluding carboxylic acids is 1. The van der Waals surface area contributed by atoms with Crippen LogP contribution in [0.25, 0.3) is 0 Å². The van der Waals surface area contributed by atoms with Crippen molar-refractivity contribution in [1.29, 1.82) is 0 Å². The number of amides is 2. The molecule has 1 saturated heterocycles. The second kappa shape index (κ2) is 10.9. The standard InChI is InChI=1S/C22H29F3N4O3/c1-31-9-7-20-27-12-19(28-20)17-11-16(13-29(14-17)21(30)26-8-10-32-2)15-3-5-18(6-4-15)22(23,24)25/h3-6,16-17H,7-14H2,1-2H3,(H,26,30). The van der Waals surface area contributed by atoms with Crippen LogP contribution in [0.3, 0.4) is 0 Å². The molecule has 1 aromatic carbocycles. The van der Waals surface area contributed by atoms with E-state index >= 15 is 0 Å². The van der Waals surface area contributed by atoms with Crippen LogP contribution in [0.4, 0.5) is 18.0 Å². The van der Waals surface area contributed by atoms with Crippen molar-refractivity contribution in [3.63, 3.8) is 0 Å². The second-order valence-corrected chi connectivity index (χ2v) is 7.96. The lowest BCUT2D eigenvalue weighted by Crippen LogP contribution is -2.50. The van der Waals surface area contributed by atoms with E-state index in [0.717, 1.165) is 29.2 Å². The second-order valence-electron chi connectivity index (χ2n) is 7.96. The summed E-state index contributed by atoms with van der Waals surface area (Å²) in [5.74, 6) is 0.609. The minimum absolute atomic E-state index is 0.0204. The summed E-state index contributed by atoms with van der Waals surface area (Å²) in [7, 11) is 3.18. The highest BCUT2D eigenvalue weighted by molar-refractivity contribution is 6.05. The third-order valence-corrected chi connectivity index (χ3v) is 5.73. The molecule has 2 heterocycles. The van der Waals surface area contributed by atoms with Crippen LogP contribution in [-0.4, -0.2) is 76.1 Å². The Labute approximate surface area is 185 Å². The fourth-order valence-corrected chi connectivity index (χ4v) is 4.02. The number of ether oxygens (including phenoxy) is 2. The van der Waals surface area contributed by atoms with E-state index in [-0.39, 0.29) is 17.9 Å². The number of carbonyl (C=O) groups is 1. The lowest BCUT2D eigenvalue weighted by Gasteiger charge is -2.38. The minimum atomic E-state index is -4.38. The lowest BCUT2D eigenvalue weighted by molar-refractivity contribution is -0.137. The van der Waals surface area contributed by atoms with Crippen molar-refractivity contribution in [2.24, 2.45) is 15.9 Å². The largest absolute Gasteiger partial charge is 0.416 e. The fourth-order valence-electron chi connectivity index (χ4n) is 4.02. The molecule has 1 N–H and O–H groups in total. The molecule has 7 nitrogen and oxygen atoms in total. The summed E-state index contributed by atoms with van der Waals surface area (Å²) in [5.41, 5.74) is 0.998. The van der Waals surface area contributed by atoms with Crippen molar-refractivity contribution in [2.45, 2.75) is 24.9 Å². The number of amidine groups is 1. The lowest BCUT2D eigenvalue weighted by atomic mass is 9.82. The zero-order valence-corrected chi connectivity index (χ0v) is 18.3. The summed E-state index contributed by atoms with van der Waals surface area (Å²) < 4.78 is 49.0. The molecule has 2 aliphatic rings. The van der Waals surface area contributed by atoms with Crippen molar-refractivity contribution in [3.05, 3.63) is 35.4 Å². The number of rotatable bonds is 8. The summed E-state index contributed by atoms with van der Waals surface area (Å²) in [6.07, 6.45) is -3.06. The normalized spacial score (nSPS) is 21.3. The number of methoxy groups -OCH3 is 2. The maximum atomic E-state index is 13.0. The van der Waals surface area contributed by atoms with Crippen LogP contribution in [0.2, 0.25) is 0 Å². The number of alkyl halides is 3. The Morgan fingerprint density at radius 3 is 2.47 bits per heavy atom. The number of nitrogens with one attached hydrogen (secondary N) is 1. The first-order valence-corrected chi connectivity index (χ1v) is 10.6. The van der Waals surface area contributed by atoms with E-state index < -0.39 is 11.7 Å². The number of likely N-dealkylation sites (tertiary alicyclic amines) is 1. The van der Waals surface area contributed by atoms with Crippen LogP contribution in [-0.2, 0) is 15.7 Å². The molecule has 0 bridgehead atoms. The van der Waals surface area contributed by atoms with Gasteiger partial charge in [0.1, 0.15) is 5.84 Å². The van der Waals surface area contributed by atoms with Crippen LogP contribution in [0.1, 0.15) is 29.9 Å². The highest BCUT2D eigenvalue weighted by Crippen LogP contribution is 2.34. The topological polar surface area (TPSA) is 75.5 Å². The van der Waals surface area contributed by atoms with Gasteiger partial charge in [0.2, 0.25) is 0 Å². The van der Waals surface area contributed by atoms with E-state index in [1.54, 1.807) is 19.1 Å². The van der Waals surface area contributed by atoms with Crippen molar-refractivity contribution < 1.29 is 27.4 Å². The van der Waals surface area contributed by atoms with Gasteiger partial charge in [-0.3, -0.25) is 4.99 Å². The molecule has 2 aliphatic heterocycles. The van der Waals surface area contributed by atoms with Gasteiger partial charge >= 0.3 is 12.2 Å². The van der Waals surface area contributed by atoms with Gasteiger partial charge in [0.05, 0.1) is 25.3 Å². The number of piperidine rings is 1. The predicted octanol–water partition coefficient (Wildman–Crippen LogP) is 3.36. The number of benzene rings is 1. The smallest absolute Gasteiger partial charge is 0.384 e. The van der Waals surface area contributed by atoms with Gasteiger partial charge in [-0.25, -0.2) is 9.79 Å². The molecule has 32 heavy (non-hydrogen) atoms. The summed E-state index contributed by atoms with van der Waals surface area (Å²) >= 11 is 0. The predicted molar refractivity (Wildman–Crippen MR) is 115 cm³/mol. The quantitative estimate of drug-likeness (QED) is 0.612. The highest BCUT2D eigenvalue weighted by atomic mass is 19.4. The summed E-state index contributed by atoms with van der Waals surface area (Å²) in [6.45, 7) is 2.69. The Morgan fingerprint density at radius 1 is 1.12 bits per heavy atom. The Hall–Kier alpha value is -2.46. The minimum Gasteiger partial charge on any atom is -0.384 e. The third kappa shape index (κ3) is 6.29. The van der Waals surface area contributed by atoms with Gasteiger partial charge in [0.25, 0.3) is 0 Å². The van der Waals surface area contributed by atoms with Crippen molar-refractivity contribution in [1.82, 2.24) is 10.2 Å². The highest BCUT2D eigenvalue weighted by Gasteiger charge is 2.35. The average Bonchev–Trinajstić information content (AvgIpc) is 3.26. The van der Waals surface area contributed by atoms with E-state index in [2.05, 4.69) is 15.3 Å². The Balaban J connectivity index is 1.77. The molecule has 0 radical (unpaired) electrons. The van der Waals surface area contributed by atoms with Crippen molar-refractivity contribution in [2.75, 3.05) is 53.6 Å². The van der Waals surface area contributed by atoms with Crippen molar-refractivity contribution in [3.8, 4) is 0 Å². The SMILES string of the molecule is COCCNC(=O)N1CC(C2=NC(CCOC)=NC2)CC(c2ccc(C(F)(F)F)cc2)C1. The summed E-state index contributed by atoms with van der Waals surface area (Å²) in [5, 5.41) is 2.83. The Bertz CT molecular complexity index is 840. The first-order valence-electron chi connectivity index (χ1n) is 10.6. The number of aliphatic imine (C=N–C) groups is 2. The monoisotopic (exact) mass is 454 g/mol. The molecule has 10 heteroatoms. The van der Waals surface area contributed by atoms with E-state index in [1.165, 1.54) is 12.1 Å². The van der Waals surface area contributed by atoms with Crippen LogP contribution >= 0.6 is 0 Å². The van der Waals surface area contributed by atoms with Gasteiger partial charge in [-0.05, 0) is 24.1 Å². The molecule has 0 saturated carbocycles. The van der Waals surface area contributed by atoms with E-state index in [1.807, 2.05) is 0 Å². The van der Waals surface area contributed by atoms with Crippen LogP contribution in [0, 0.1) is 5.92 Å². The molecule has 0 aromatic heterocycles. The Kier molecular flexibility index (Phi) is 8.25. The molecule has 0 spiro atoms. The maximum absolute atomic E-state index is 13.0. The molecule has 2 amide bonds. The van der Waals surface area contributed by atoms with Crippen molar-refractivity contribution >= 4 is 17.6 Å². The van der Waals surface area contributed by atoms with E-state index in [0.29, 0.717) is 52.2 Å². The molecule has 2 unspecified atom stereocenters. The maximum Gasteiger partial charge on any atom is 0.416 e. The molecule has 0 aliphatic carbocycles. The van der Waals surface area contributed by atoms with Crippen LogP contribution in [0.15, 0.2) is 34.3 Å². The molecular formula is C22H29F3N4O3. The van der Waals surface area contributed by atoms with Gasteiger partial charge < -0.3 is 19.7 Å². The third-order valence-electron chi connectivity index (χ3n) is 5.73. The number of nitrogens with zero attached hydrogens (tertiary/aromatic N) is 3. The molecule has 176 valence electrons. The molecule has 3 rings (SSSR count). The molecule has 1 fully saturated rings.